The molecule has 9 heteroatoms. The molecule has 0 amide bonds. The molecule has 2 aliphatic rings. The molecule has 0 unspecified atom stereocenters. The smallest absolute Gasteiger partial charge is 0.218 e. The van der Waals surface area contributed by atoms with E-state index in [-0.39, 0.29) is 0 Å². The van der Waals surface area contributed by atoms with Crippen molar-refractivity contribution in [3.63, 3.8) is 0 Å². The number of aromatic nitrogens is 3. The van der Waals surface area contributed by atoms with E-state index in [0.717, 1.165) is 88.9 Å². The van der Waals surface area contributed by atoms with Gasteiger partial charge in [-0.25, -0.2) is 0 Å². The third kappa shape index (κ3) is 5.05. The monoisotopic (exact) mass is 392 g/mol. The summed E-state index contributed by atoms with van der Waals surface area (Å²) in [5.74, 6) is 0. The maximum absolute atomic E-state index is 5.41. The zero-order valence-corrected chi connectivity index (χ0v) is 16.5. The molecule has 2 fully saturated rings. The number of hydrogen-bond donors (Lipinski definition) is 1. The van der Waals surface area contributed by atoms with Gasteiger partial charge in [0.25, 0.3) is 0 Å². The van der Waals surface area contributed by atoms with Gasteiger partial charge in [0.05, 0.1) is 26.4 Å². The van der Waals surface area contributed by atoms with Crippen LogP contribution in [0.2, 0.25) is 0 Å². The second kappa shape index (κ2) is 9.61. The number of nitrogens with zero attached hydrogens (tertiary/aromatic N) is 5. The topological polar surface area (TPSA) is 67.7 Å². The first-order valence-corrected chi connectivity index (χ1v) is 10.6. The van der Waals surface area contributed by atoms with Crippen molar-refractivity contribution >= 4 is 16.5 Å². The highest BCUT2D eigenvalue weighted by atomic mass is 32.1. The highest BCUT2D eigenvalue weighted by molar-refractivity contribution is 7.17. The van der Waals surface area contributed by atoms with Gasteiger partial charge in [0.15, 0.2) is 0 Å². The molecule has 0 radical (unpaired) electrons. The molecule has 8 nitrogen and oxygen atoms in total. The summed E-state index contributed by atoms with van der Waals surface area (Å²) < 4.78 is 12.9. The normalized spacial score (nSPS) is 18.9. The molecule has 0 aromatic carbocycles. The molecule has 0 bridgehead atoms. The number of anilines is 1. The number of nitrogens with one attached hydrogen (secondary N) is 1. The molecule has 0 atom stereocenters. The Labute approximate surface area is 164 Å². The molecule has 2 aromatic rings. The third-order valence-electron chi connectivity index (χ3n) is 4.96. The molecular weight excluding hydrogens is 364 g/mol. The molecule has 0 spiro atoms. The van der Waals surface area contributed by atoms with Crippen molar-refractivity contribution in [2.45, 2.75) is 13.0 Å². The fourth-order valence-corrected chi connectivity index (χ4v) is 4.32. The first-order chi connectivity index (χ1) is 13.4. The first kappa shape index (κ1) is 18.8. The standard InChI is InChI=1S/C18H28N6O2S/c1-3-16(15-19-4-2-5-22-7-11-25-12-8-22)24(6-1)18-21-20-17(27-18)23-9-13-26-14-10-23/h1,3,6,19H,2,4-5,7-15H2. The SMILES string of the molecule is c1cc(CNCCCN2CCOCC2)n(-c2nnc(N3CCOCC3)s2)c1. The van der Waals surface area contributed by atoms with E-state index >= 15 is 0 Å². The average Bonchev–Trinajstić information content (AvgIpc) is 3.38. The van der Waals surface area contributed by atoms with Gasteiger partial charge in [-0.15, -0.1) is 10.2 Å². The highest BCUT2D eigenvalue weighted by Crippen LogP contribution is 2.25. The Morgan fingerprint density at radius 3 is 2.56 bits per heavy atom. The quantitative estimate of drug-likeness (QED) is 0.672. The number of morpholine rings is 2. The van der Waals surface area contributed by atoms with Crippen LogP contribution in [0.25, 0.3) is 5.13 Å². The van der Waals surface area contributed by atoms with Gasteiger partial charge < -0.3 is 19.7 Å². The molecule has 4 heterocycles. The van der Waals surface area contributed by atoms with E-state index < -0.39 is 0 Å². The van der Waals surface area contributed by atoms with Crippen molar-refractivity contribution in [3.8, 4) is 5.13 Å². The zero-order valence-electron chi connectivity index (χ0n) is 15.7. The van der Waals surface area contributed by atoms with E-state index in [1.807, 2.05) is 0 Å². The van der Waals surface area contributed by atoms with Crippen LogP contribution in [0.1, 0.15) is 12.1 Å². The molecule has 2 aromatic heterocycles. The maximum Gasteiger partial charge on any atom is 0.218 e. The Balaban J connectivity index is 1.26. The summed E-state index contributed by atoms with van der Waals surface area (Å²) in [5.41, 5.74) is 1.21. The Morgan fingerprint density at radius 1 is 1.00 bits per heavy atom. The summed E-state index contributed by atoms with van der Waals surface area (Å²) in [6.45, 7) is 10.1. The number of hydrogen-bond acceptors (Lipinski definition) is 8. The zero-order chi connectivity index (χ0) is 18.3. The van der Waals surface area contributed by atoms with Gasteiger partial charge in [-0.2, -0.15) is 0 Å². The van der Waals surface area contributed by atoms with Gasteiger partial charge in [0, 0.05) is 44.6 Å². The largest absolute Gasteiger partial charge is 0.379 e. The minimum atomic E-state index is 0.762. The Hall–Kier alpha value is -1.52. The molecule has 0 aliphatic carbocycles. The Morgan fingerprint density at radius 2 is 1.74 bits per heavy atom. The number of ether oxygens (including phenoxy) is 2. The molecule has 2 aliphatic heterocycles. The van der Waals surface area contributed by atoms with Crippen molar-refractivity contribution < 1.29 is 9.47 Å². The summed E-state index contributed by atoms with van der Waals surface area (Å²) in [6, 6.07) is 4.21. The average molecular weight is 393 g/mol. The first-order valence-electron chi connectivity index (χ1n) is 9.74. The fourth-order valence-electron chi connectivity index (χ4n) is 3.40. The molecule has 27 heavy (non-hydrogen) atoms. The molecule has 2 saturated heterocycles. The Bertz CT molecular complexity index is 694. The van der Waals surface area contributed by atoms with Crippen LogP contribution in [0, 0.1) is 0 Å². The van der Waals surface area contributed by atoms with E-state index in [1.165, 1.54) is 5.69 Å². The van der Waals surface area contributed by atoms with E-state index in [0.29, 0.717) is 0 Å². The molecule has 148 valence electrons. The third-order valence-corrected chi connectivity index (χ3v) is 5.95. The number of rotatable bonds is 8. The van der Waals surface area contributed by atoms with Crippen molar-refractivity contribution in [2.75, 3.05) is 70.6 Å². The van der Waals surface area contributed by atoms with Gasteiger partial charge in [0.2, 0.25) is 10.3 Å². The lowest BCUT2D eigenvalue weighted by Gasteiger charge is -2.26. The van der Waals surface area contributed by atoms with Crippen molar-refractivity contribution in [1.82, 2.24) is 25.0 Å². The van der Waals surface area contributed by atoms with Crippen LogP contribution in [0.4, 0.5) is 5.13 Å². The van der Waals surface area contributed by atoms with Crippen LogP contribution in [0.3, 0.4) is 0 Å². The van der Waals surface area contributed by atoms with Crippen LogP contribution >= 0.6 is 11.3 Å². The van der Waals surface area contributed by atoms with E-state index in [2.05, 4.69) is 48.2 Å². The second-order valence-corrected chi connectivity index (χ2v) is 7.75. The lowest BCUT2D eigenvalue weighted by Crippen LogP contribution is -2.37. The van der Waals surface area contributed by atoms with E-state index in [1.54, 1.807) is 11.3 Å². The molecular formula is C18H28N6O2S. The summed E-state index contributed by atoms with van der Waals surface area (Å²) in [6.07, 6.45) is 3.22. The molecule has 0 saturated carbocycles. The van der Waals surface area contributed by atoms with Crippen molar-refractivity contribution in [1.29, 1.82) is 0 Å². The van der Waals surface area contributed by atoms with Crippen LogP contribution in [-0.4, -0.2) is 85.4 Å². The highest BCUT2D eigenvalue weighted by Gasteiger charge is 2.17. The second-order valence-electron chi connectivity index (χ2n) is 6.82. The lowest BCUT2D eigenvalue weighted by atomic mass is 10.3. The van der Waals surface area contributed by atoms with Gasteiger partial charge in [-0.05, 0) is 31.6 Å². The molecule has 4 rings (SSSR count). The lowest BCUT2D eigenvalue weighted by molar-refractivity contribution is 0.0374. The van der Waals surface area contributed by atoms with Crippen molar-refractivity contribution in [3.05, 3.63) is 24.0 Å². The van der Waals surface area contributed by atoms with Gasteiger partial charge in [-0.3, -0.25) is 9.47 Å². The molecule has 1 N–H and O–H groups in total. The minimum absolute atomic E-state index is 0.762. The van der Waals surface area contributed by atoms with Crippen molar-refractivity contribution in [2.24, 2.45) is 0 Å². The predicted octanol–water partition coefficient (Wildman–Crippen LogP) is 0.977. The van der Waals surface area contributed by atoms with Gasteiger partial charge >= 0.3 is 0 Å². The van der Waals surface area contributed by atoms with Gasteiger partial charge in [0.1, 0.15) is 0 Å². The summed E-state index contributed by atoms with van der Waals surface area (Å²) >= 11 is 1.64. The summed E-state index contributed by atoms with van der Waals surface area (Å²) in [5, 5.41) is 14.2. The van der Waals surface area contributed by atoms with E-state index in [9.17, 15) is 0 Å². The fraction of sp³-hybridized carbons (Fsp3) is 0.667. The Kier molecular flexibility index (Phi) is 6.70. The van der Waals surface area contributed by atoms with Crippen LogP contribution in [0.5, 0.6) is 0 Å². The van der Waals surface area contributed by atoms with E-state index in [4.69, 9.17) is 9.47 Å². The maximum atomic E-state index is 5.41. The predicted molar refractivity (Wildman–Crippen MR) is 106 cm³/mol. The summed E-state index contributed by atoms with van der Waals surface area (Å²) in [7, 11) is 0. The minimum Gasteiger partial charge on any atom is -0.379 e. The van der Waals surface area contributed by atoms with Gasteiger partial charge in [-0.1, -0.05) is 11.3 Å². The van der Waals surface area contributed by atoms with Crippen LogP contribution < -0.4 is 10.2 Å². The summed E-state index contributed by atoms with van der Waals surface area (Å²) in [4.78, 5) is 4.72. The van der Waals surface area contributed by atoms with Crippen LogP contribution in [-0.2, 0) is 16.0 Å². The van der Waals surface area contributed by atoms with Crippen LogP contribution in [0.15, 0.2) is 18.3 Å².